The van der Waals surface area contributed by atoms with Crippen molar-refractivity contribution < 1.29 is 0 Å². The number of hydrogen-bond acceptors (Lipinski definition) is 0. The highest BCUT2D eigenvalue weighted by Crippen LogP contribution is 2.29. The molecule has 0 saturated carbocycles. The van der Waals surface area contributed by atoms with Gasteiger partial charge in [0.2, 0.25) is 0 Å². The van der Waals surface area contributed by atoms with Gasteiger partial charge in [0.1, 0.15) is 0 Å². The van der Waals surface area contributed by atoms with Crippen LogP contribution in [0.1, 0.15) is 20.8 Å². The Morgan fingerprint density at radius 3 is 1.29 bits per heavy atom. The Morgan fingerprint density at radius 1 is 0.786 bits per heavy atom. The maximum absolute atomic E-state index is 3.60. The average Bonchev–Trinajstić information content (AvgIpc) is 2.27. The Labute approximate surface area is 118 Å². The standard InChI is InChI=1S/C10H10Br4/c11-5-9(13)7-1-2-8(4-3-7)10(14)6-12/h1-4,9-10H,5-6H2/t9-,10-/m0/s1. The normalized spacial score (nSPS) is 15.1. The van der Waals surface area contributed by atoms with Crippen molar-refractivity contribution in [2.24, 2.45) is 0 Å². The van der Waals surface area contributed by atoms with Crippen LogP contribution in [0.15, 0.2) is 24.3 Å². The van der Waals surface area contributed by atoms with E-state index in [2.05, 4.69) is 88.0 Å². The molecule has 0 aliphatic carbocycles. The minimum atomic E-state index is 0.397. The van der Waals surface area contributed by atoms with Crippen molar-refractivity contribution in [3.05, 3.63) is 35.4 Å². The fraction of sp³-hybridized carbons (Fsp3) is 0.400. The molecule has 78 valence electrons. The van der Waals surface area contributed by atoms with Gasteiger partial charge in [0.05, 0.1) is 0 Å². The molecule has 0 saturated heterocycles. The summed E-state index contributed by atoms with van der Waals surface area (Å²) in [5.41, 5.74) is 2.61. The van der Waals surface area contributed by atoms with E-state index in [0.717, 1.165) is 10.7 Å². The zero-order chi connectivity index (χ0) is 10.6. The number of hydrogen-bond donors (Lipinski definition) is 0. The predicted molar refractivity (Wildman–Crippen MR) is 77.4 cm³/mol. The lowest BCUT2D eigenvalue weighted by Crippen LogP contribution is -1.94. The predicted octanol–water partition coefficient (Wildman–Crippen LogP) is 5.35. The molecule has 0 spiro atoms. The molecule has 0 nitrogen and oxygen atoms in total. The fourth-order valence-electron chi connectivity index (χ4n) is 1.09. The molecule has 0 amide bonds. The SMILES string of the molecule is BrC[C@H](Br)c1ccc([C@@H](Br)CBr)cc1. The molecule has 4 heteroatoms. The number of halogens is 4. The molecule has 0 aliphatic heterocycles. The fourth-order valence-corrected chi connectivity index (χ4v) is 2.45. The molecule has 0 aromatic heterocycles. The third-order valence-electron chi connectivity index (χ3n) is 1.93. The first-order chi connectivity index (χ1) is 6.69. The topological polar surface area (TPSA) is 0 Å². The molecule has 2 atom stereocenters. The van der Waals surface area contributed by atoms with Crippen LogP contribution in [0.25, 0.3) is 0 Å². The minimum absolute atomic E-state index is 0.397. The maximum Gasteiger partial charge on any atom is 0.0492 e. The van der Waals surface area contributed by atoms with Gasteiger partial charge in [-0.15, -0.1) is 0 Å². The first kappa shape index (κ1) is 13.2. The number of alkyl halides is 4. The molecule has 0 heterocycles. The van der Waals surface area contributed by atoms with Crippen molar-refractivity contribution in [1.82, 2.24) is 0 Å². The summed E-state index contributed by atoms with van der Waals surface area (Å²) < 4.78 is 0. The van der Waals surface area contributed by atoms with Crippen LogP contribution in [0.2, 0.25) is 0 Å². The summed E-state index contributed by atoms with van der Waals surface area (Å²) >= 11 is 14.1. The van der Waals surface area contributed by atoms with Crippen LogP contribution in [0.5, 0.6) is 0 Å². The van der Waals surface area contributed by atoms with Gasteiger partial charge in [-0.3, -0.25) is 0 Å². The maximum atomic E-state index is 3.60. The molecular weight excluding hydrogens is 440 g/mol. The third-order valence-corrected chi connectivity index (χ3v) is 6.67. The first-order valence-corrected chi connectivity index (χ1v) is 8.26. The summed E-state index contributed by atoms with van der Waals surface area (Å²) in [4.78, 5) is 0.795. The van der Waals surface area contributed by atoms with Crippen molar-refractivity contribution in [2.45, 2.75) is 9.65 Å². The molecular formula is C10H10Br4. The molecule has 0 N–H and O–H groups in total. The van der Waals surface area contributed by atoms with Crippen molar-refractivity contribution in [2.75, 3.05) is 10.7 Å². The highest BCUT2D eigenvalue weighted by atomic mass is 79.9. The van der Waals surface area contributed by atoms with Gasteiger partial charge >= 0.3 is 0 Å². The van der Waals surface area contributed by atoms with Crippen molar-refractivity contribution in [3.8, 4) is 0 Å². The van der Waals surface area contributed by atoms with Gasteiger partial charge in [0, 0.05) is 20.3 Å². The summed E-state index contributed by atoms with van der Waals surface area (Å²) in [6, 6.07) is 8.64. The van der Waals surface area contributed by atoms with Crippen LogP contribution < -0.4 is 0 Å². The van der Waals surface area contributed by atoms with Gasteiger partial charge in [-0.25, -0.2) is 0 Å². The summed E-state index contributed by atoms with van der Waals surface area (Å²) in [7, 11) is 0. The summed E-state index contributed by atoms with van der Waals surface area (Å²) in [6.07, 6.45) is 0. The van der Waals surface area contributed by atoms with E-state index in [1.807, 2.05) is 0 Å². The lowest BCUT2D eigenvalue weighted by atomic mass is 10.1. The van der Waals surface area contributed by atoms with E-state index >= 15 is 0 Å². The van der Waals surface area contributed by atoms with Crippen LogP contribution in [-0.2, 0) is 0 Å². The van der Waals surface area contributed by atoms with Gasteiger partial charge < -0.3 is 0 Å². The second kappa shape index (κ2) is 6.66. The van der Waals surface area contributed by atoms with Crippen molar-refractivity contribution in [1.29, 1.82) is 0 Å². The highest BCUT2D eigenvalue weighted by molar-refractivity contribution is 9.12. The van der Waals surface area contributed by atoms with E-state index in [4.69, 9.17) is 0 Å². The number of rotatable bonds is 4. The van der Waals surface area contributed by atoms with E-state index in [-0.39, 0.29) is 0 Å². The van der Waals surface area contributed by atoms with E-state index < -0.39 is 0 Å². The van der Waals surface area contributed by atoms with Gasteiger partial charge in [0.25, 0.3) is 0 Å². The Morgan fingerprint density at radius 2 is 1.07 bits per heavy atom. The van der Waals surface area contributed by atoms with E-state index in [1.165, 1.54) is 11.1 Å². The monoisotopic (exact) mass is 446 g/mol. The molecule has 0 fully saturated rings. The van der Waals surface area contributed by atoms with E-state index in [0.29, 0.717) is 9.65 Å². The van der Waals surface area contributed by atoms with Crippen molar-refractivity contribution >= 4 is 63.7 Å². The smallest absolute Gasteiger partial charge is 0.0492 e. The summed E-state index contributed by atoms with van der Waals surface area (Å²) in [6.45, 7) is 0. The minimum Gasteiger partial charge on any atom is -0.0912 e. The zero-order valence-corrected chi connectivity index (χ0v) is 13.7. The van der Waals surface area contributed by atoms with E-state index in [1.54, 1.807) is 0 Å². The van der Waals surface area contributed by atoms with Crippen LogP contribution in [-0.4, -0.2) is 10.7 Å². The lowest BCUT2D eigenvalue weighted by Gasteiger charge is -2.09. The molecule has 0 bridgehead atoms. The molecule has 0 aliphatic rings. The second-order valence-corrected chi connectivity index (χ2v) is 6.42. The molecule has 1 rings (SSSR count). The van der Waals surface area contributed by atoms with Gasteiger partial charge in [-0.1, -0.05) is 88.0 Å². The largest absolute Gasteiger partial charge is 0.0912 e. The van der Waals surface area contributed by atoms with Crippen LogP contribution >= 0.6 is 63.7 Å². The Kier molecular flexibility index (Phi) is 6.29. The summed E-state index contributed by atoms with van der Waals surface area (Å²) in [5, 5.41) is 1.87. The Hall–Kier alpha value is 1.14. The molecule has 1 aromatic rings. The quantitative estimate of drug-likeness (QED) is 0.544. The third kappa shape index (κ3) is 3.62. The summed E-state index contributed by atoms with van der Waals surface area (Å²) in [5.74, 6) is 0. The second-order valence-electron chi connectivity index (χ2n) is 2.91. The van der Waals surface area contributed by atoms with Crippen LogP contribution in [0.4, 0.5) is 0 Å². The van der Waals surface area contributed by atoms with E-state index in [9.17, 15) is 0 Å². The van der Waals surface area contributed by atoms with Gasteiger partial charge in [0.15, 0.2) is 0 Å². The van der Waals surface area contributed by atoms with Gasteiger partial charge in [-0.2, -0.15) is 0 Å². The number of benzene rings is 1. The zero-order valence-electron chi connectivity index (χ0n) is 7.39. The first-order valence-electron chi connectivity index (χ1n) is 4.19. The van der Waals surface area contributed by atoms with Crippen LogP contribution in [0.3, 0.4) is 0 Å². The molecule has 0 radical (unpaired) electrons. The van der Waals surface area contributed by atoms with Crippen molar-refractivity contribution in [3.63, 3.8) is 0 Å². The lowest BCUT2D eigenvalue weighted by molar-refractivity contribution is 1.11. The Balaban J connectivity index is 2.78. The molecule has 1 aromatic carbocycles. The average molecular weight is 450 g/mol. The molecule has 14 heavy (non-hydrogen) atoms. The van der Waals surface area contributed by atoms with Gasteiger partial charge in [-0.05, 0) is 11.1 Å². The Bertz CT molecular complexity index is 241. The highest BCUT2D eigenvalue weighted by Gasteiger charge is 2.08. The molecule has 0 unspecified atom stereocenters. The van der Waals surface area contributed by atoms with Crippen LogP contribution in [0, 0.1) is 0 Å².